The van der Waals surface area contributed by atoms with Gasteiger partial charge in [-0.25, -0.2) is 27.7 Å². The highest BCUT2D eigenvalue weighted by molar-refractivity contribution is 9.08. The molecule has 4 atom stereocenters. The Balaban J connectivity index is 0.000000356. The molecule has 2 aromatic heterocycles. The number of aromatic nitrogens is 2. The molecule has 0 spiro atoms. The first-order valence-electron chi connectivity index (χ1n) is 40.3. The average molecular weight is 1820 g/mol. The molecule has 11 aromatic rings. The normalized spacial score (nSPS) is 12.8. The number of rotatable bonds is 26. The zero-order valence-electron chi connectivity index (χ0n) is 70.2. The van der Waals surface area contributed by atoms with Crippen molar-refractivity contribution in [3.05, 3.63) is 412 Å². The minimum absolute atomic E-state index is 0.0632. The molecule has 656 valence electrons. The van der Waals surface area contributed by atoms with Gasteiger partial charge in [0.1, 0.15) is 17.5 Å². The summed E-state index contributed by atoms with van der Waals surface area (Å²) >= 11 is 20.6. The van der Waals surface area contributed by atoms with E-state index in [-0.39, 0.29) is 72.7 Å². The van der Waals surface area contributed by atoms with Gasteiger partial charge in [-0.05, 0) is 255 Å². The number of benzene rings is 9. The topological polar surface area (TPSA) is 296 Å². The van der Waals surface area contributed by atoms with Gasteiger partial charge in [-0.2, -0.15) is 0 Å². The van der Waals surface area contributed by atoms with Gasteiger partial charge in [0.15, 0.2) is 17.1 Å². The first-order chi connectivity index (χ1) is 60.6. The monoisotopic (exact) mass is 1820 g/mol. The van der Waals surface area contributed by atoms with Crippen LogP contribution in [0.2, 0.25) is 15.1 Å². The van der Waals surface area contributed by atoms with Crippen molar-refractivity contribution in [2.24, 2.45) is 34.2 Å². The fraction of sp³-hybridized carbons (Fsp3) is 0.273. The summed E-state index contributed by atoms with van der Waals surface area (Å²) in [4.78, 5) is 53.4. The van der Waals surface area contributed by atoms with Crippen LogP contribution < -0.4 is 17.2 Å². The van der Waals surface area contributed by atoms with Crippen LogP contribution >= 0.6 is 50.7 Å². The van der Waals surface area contributed by atoms with Gasteiger partial charge in [0.05, 0.1) is 44.8 Å². The molecular weight excluding hydrogens is 1710 g/mol. The van der Waals surface area contributed by atoms with E-state index in [1.54, 1.807) is 105 Å². The molecule has 4 unspecified atom stereocenters. The Morgan fingerprint density at radius 2 is 0.872 bits per heavy atom. The number of hydrogen-bond donors (Lipinski definition) is 6. The van der Waals surface area contributed by atoms with E-state index in [1.807, 2.05) is 134 Å². The number of aliphatic hydroxyl groups is 2. The summed E-state index contributed by atoms with van der Waals surface area (Å²) in [5.74, 6) is -1.64. The number of carbonyl (C=O) groups excluding carboxylic acids is 2. The van der Waals surface area contributed by atoms with Crippen molar-refractivity contribution in [1.29, 1.82) is 0 Å². The number of pyridine rings is 2. The molecule has 2 heterocycles. The van der Waals surface area contributed by atoms with E-state index in [2.05, 4.69) is 69.2 Å². The summed E-state index contributed by atoms with van der Waals surface area (Å²) in [5.41, 5.74) is 37.6. The number of esters is 2. The summed E-state index contributed by atoms with van der Waals surface area (Å²) in [5, 5.41) is 31.9. The molecule has 2 saturated carbocycles. The van der Waals surface area contributed by atoms with Gasteiger partial charge in [-0.1, -0.05) is 232 Å². The van der Waals surface area contributed by atoms with Gasteiger partial charge >= 0.3 is 17.9 Å². The number of carbonyl (C=O) groups is 3. The zero-order valence-corrected chi connectivity index (χ0v) is 74.0. The Bertz CT molecular complexity index is 4900. The second-order valence-corrected chi connectivity index (χ2v) is 29.2. The van der Waals surface area contributed by atoms with Crippen LogP contribution in [0.3, 0.4) is 0 Å². The molecule has 13 rings (SSSR count). The number of carboxylic acids is 1. The summed E-state index contributed by atoms with van der Waals surface area (Å²) in [6.45, 7) is 30.9. The van der Waals surface area contributed by atoms with Crippen molar-refractivity contribution in [1.82, 2.24) is 9.97 Å². The highest BCUT2D eigenvalue weighted by Gasteiger charge is 2.46. The van der Waals surface area contributed by atoms with Crippen LogP contribution in [0, 0.1) is 49.0 Å². The number of alkyl halides is 1. The van der Waals surface area contributed by atoms with Gasteiger partial charge in [-0.15, -0.1) is 0 Å². The lowest BCUT2D eigenvalue weighted by Crippen LogP contribution is -2.07. The molecule has 9 N–H and O–H groups in total. The molecule has 19 nitrogen and oxygen atoms in total. The molecule has 0 aliphatic heterocycles. The van der Waals surface area contributed by atoms with Crippen molar-refractivity contribution < 1.29 is 52.3 Å². The third-order valence-corrected chi connectivity index (χ3v) is 18.9. The number of aliphatic hydroxyl groups excluding tert-OH is 2. The largest absolute Gasteiger partial charge is 0.481 e. The Morgan fingerprint density at radius 3 is 1.23 bits per heavy atom. The van der Waals surface area contributed by atoms with Crippen molar-refractivity contribution in [2.75, 3.05) is 39.5 Å². The molecular formula is C99H108BrCl3F3N11O8. The predicted octanol–water partition coefficient (Wildman–Crippen LogP) is 24.2. The number of aryl methyl sites for hydroxylation is 5. The van der Waals surface area contributed by atoms with Crippen LogP contribution in [0.25, 0.3) is 31.1 Å². The lowest BCUT2D eigenvalue weighted by molar-refractivity contribution is -0.145. The fourth-order valence-electron chi connectivity index (χ4n) is 11.2. The summed E-state index contributed by atoms with van der Waals surface area (Å²) in [6, 6.07) is 71.9. The number of nitrogens with two attached hydrogens (primary N) is 3. The third kappa shape index (κ3) is 49.9. The number of azide groups is 1. The lowest BCUT2D eigenvalue weighted by atomic mass is 10.1. The highest BCUT2D eigenvalue weighted by atomic mass is 79.9. The first kappa shape index (κ1) is 107. The van der Waals surface area contributed by atoms with Gasteiger partial charge < -0.3 is 42.0 Å². The van der Waals surface area contributed by atoms with E-state index >= 15 is 0 Å². The summed E-state index contributed by atoms with van der Waals surface area (Å²) in [6.07, 6.45) is 18.7. The van der Waals surface area contributed by atoms with Crippen LogP contribution in [0.15, 0.2) is 279 Å². The molecule has 0 saturated heterocycles. The Morgan fingerprint density at radius 1 is 0.504 bits per heavy atom. The van der Waals surface area contributed by atoms with Crippen LogP contribution in [-0.4, -0.2) is 82.7 Å². The number of halogens is 7. The van der Waals surface area contributed by atoms with E-state index in [0.29, 0.717) is 54.8 Å². The van der Waals surface area contributed by atoms with E-state index in [4.69, 9.17) is 102 Å². The predicted molar refractivity (Wildman–Crippen MR) is 500 cm³/mol. The number of hydrogen-bond acceptors (Lipinski definition) is 13. The maximum Gasteiger partial charge on any atom is 0.309 e. The van der Waals surface area contributed by atoms with E-state index in [0.717, 1.165) is 132 Å². The van der Waals surface area contributed by atoms with Crippen molar-refractivity contribution >= 4 is 91.8 Å². The Labute approximate surface area is 756 Å². The maximum atomic E-state index is 12.9. The quantitative estimate of drug-likeness (QED) is 0.00735. The first-order valence-corrected chi connectivity index (χ1v) is 42.6. The van der Waals surface area contributed by atoms with Gasteiger partial charge in [0.25, 0.3) is 0 Å². The fourth-order valence-corrected chi connectivity index (χ4v) is 12.1. The van der Waals surface area contributed by atoms with Crippen molar-refractivity contribution in [2.45, 2.75) is 121 Å². The van der Waals surface area contributed by atoms with E-state index in [9.17, 15) is 27.6 Å². The molecule has 26 heteroatoms. The van der Waals surface area contributed by atoms with E-state index < -0.39 is 5.97 Å². The third-order valence-electron chi connectivity index (χ3n) is 17.5. The van der Waals surface area contributed by atoms with Crippen LogP contribution in [0.4, 0.5) is 30.2 Å². The van der Waals surface area contributed by atoms with Crippen LogP contribution in [0.5, 0.6) is 0 Å². The number of carboxylic acid groups (broad SMARTS) is 1. The summed E-state index contributed by atoms with van der Waals surface area (Å²) in [7, 11) is 0. The minimum atomic E-state index is -0.782. The lowest BCUT2D eigenvalue weighted by Gasteiger charge is -2.01. The molecule has 9 aromatic carbocycles. The number of ether oxygens (including phenoxy) is 2. The van der Waals surface area contributed by atoms with Gasteiger partial charge in [0, 0.05) is 82.8 Å². The number of nitrogens with zero attached hydrogens (tertiary/aromatic N) is 8. The maximum absolute atomic E-state index is 12.9. The molecule has 0 amide bonds. The smallest absolute Gasteiger partial charge is 0.309 e. The highest BCUT2D eigenvalue weighted by Crippen LogP contribution is 2.49. The van der Waals surface area contributed by atoms with Crippen LogP contribution in [0.1, 0.15) is 132 Å². The standard InChI is InChI=1S/2C12H13FO2.C9H12ClN.C9H9ClO2.C9H11ClO.C8H6BrN.C8H7F.C8H6N4.C8H8N2.C8H12N2.C8H11NO/c2*1-2-15-12(14)11-7-10(11)8-4-3-5-9(13)6-8;10-9-5-1-3-8(7-9)4-2-6-11;10-8-3-1-2-7(6-8)4-5-9(11)12;10-9-5-1-3-8(7-9)4-2-6-11;1-10-8-4-2-3-7(5-8)6-9;1-2-7-4-3-5-8(9)6-7;1-10-8-4-2-3-7(5-8)6-11-12-9;1-10-8-4-2-3-7(5-8)6-9;9-5-1-3-8-4-2-6-10-7-8;10-6-2-4-8-3-1-5-9-7-8/h2*3-6,10-11H,2,7H2,1H3;1,3,5,7H,2,4,6,11H2;1-3,6H,4-5H2,(H,11,12);1,3,5,7,11H,2,4,6H2;2-5H,6H2;2-6H,1H2;2-5H,6H2;2-5H,6,9H2;2,4,6-7H,1,3,5,9H2;1,3,5,7,10H,2,4,6H2. The summed E-state index contributed by atoms with van der Waals surface area (Å²) < 4.78 is 48.0. The molecule has 0 bridgehead atoms. The molecule has 2 aliphatic carbocycles. The average Bonchev–Trinajstić information content (AvgIpc) is 1.65. The molecule has 2 aliphatic rings. The van der Waals surface area contributed by atoms with Crippen LogP contribution in [-0.2, 0) is 74.4 Å². The molecule has 0 radical (unpaired) electrons. The SMILES string of the molecule is C=Cc1cccc(F)c1.CCOC(=O)C1CC1c1cccc(F)c1.CCOC(=O)C1CC1c1cccc(F)c1.NCCCc1cccc(Cl)c1.NCCCc1cccnc1.O=C(O)CCc1cccc(Cl)c1.OCCCc1cccc(Cl)c1.OCCCc1cccnc1.[C-]#[N+]c1cccc(CBr)c1.[C-]#[N+]c1cccc(CN)c1.[C-]#[N+]c1cccc(CN=[N+]=[N-])c1. The molecule has 125 heavy (non-hydrogen) atoms. The van der Waals surface area contributed by atoms with Gasteiger partial charge in [0.2, 0.25) is 0 Å². The van der Waals surface area contributed by atoms with E-state index in [1.165, 1.54) is 58.7 Å². The Hall–Kier alpha value is -11.9. The minimum Gasteiger partial charge on any atom is -0.481 e. The molecule has 2 fully saturated rings. The van der Waals surface area contributed by atoms with Gasteiger partial charge in [-0.3, -0.25) is 24.4 Å². The second-order valence-electron chi connectivity index (χ2n) is 27.3. The zero-order chi connectivity index (χ0) is 91.6. The second kappa shape index (κ2) is 66.7. The Kier molecular flexibility index (Phi) is 57.3. The van der Waals surface area contributed by atoms with Crippen molar-refractivity contribution in [3.63, 3.8) is 0 Å². The number of aliphatic carboxylic acids is 1. The van der Waals surface area contributed by atoms with Crippen molar-refractivity contribution in [3.8, 4) is 0 Å².